The van der Waals surface area contributed by atoms with Gasteiger partial charge in [-0.1, -0.05) is 18.2 Å². The highest BCUT2D eigenvalue weighted by atomic mass is 32.2. The van der Waals surface area contributed by atoms with Gasteiger partial charge in [-0.15, -0.1) is 0 Å². The zero-order valence-electron chi connectivity index (χ0n) is 13.4. The molecule has 0 aliphatic carbocycles. The highest BCUT2D eigenvalue weighted by molar-refractivity contribution is 7.91. The summed E-state index contributed by atoms with van der Waals surface area (Å²) in [5.41, 5.74) is 5.74. The second kappa shape index (κ2) is 7.06. The van der Waals surface area contributed by atoms with Crippen LogP contribution in [0, 0.1) is 5.92 Å². The number of carbonyl (C=O) groups excluding carboxylic acids is 2. The van der Waals surface area contributed by atoms with Gasteiger partial charge in [-0.05, 0) is 24.5 Å². The van der Waals surface area contributed by atoms with E-state index in [1.54, 1.807) is 10.9 Å². The van der Waals surface area contributed by atoms with Crippen LogP contribution in [0.5, 0.6) is 0 Å². The molecule has 1 atom stereocenters. The minimum absolute atomic E-state index is 0.0260. The lowest BCUT2D eigenvalue weighted by Crippen LogP contribution is -2.42. The van der Waals surface area contributed by atoms with Crippen molar-refractivity contribution in [2.24, 2.45) is 5.92 Å². The molecule has 1 saturated heterocycles. The molecule has 9 heteroatoms. The van der Waals surface area contributed by atoms with E-state index >= 15 is 0 Å². The van der Waals surface area contributed by atoms with Crippen LogP contribution in [-0.4, -0.2) is 41.5 Å². The Bertz CT molecular complexity index is 877. The third-order valence-corrected chi connectivity index (χ3v) is 5.82. The number of hydrogen-bond acceptors (Lipinski definition) is 5. The van der Waals surface area contributed by atoms with Gasteiger partial charge in [0.15, 0.2) is 9.84 Å². The first kappa shape index (κ1) is 17.2. The normalized spacial score (nSPS) is 18.6. The van der Waals surface area contributed by atoms with Gasteiger partial charge in [0.25, 0.3) is 5.91 Å². The van der Waals surface area contributed by atoms with Crippen LogP contribution in [0.1, 0.15) is 23.2 Å². The summed E-state index contributed by atoms with van der Waals surface area (Å²) in [4.78, 5) is 23.9. The van der Waals surface area contributed by atoms with Crippen molar-refractivity contribution in [2.75, 3.05) is 11.5 Å². The number of rotatable bonds is 4. The van der Waals surface area contributed by atoms with Gasteiger partial charge in [-0.2, -0.15) is 5.10 Å². The molecule has 8 nitrogen and oxygen atoms in total. The van der Waals surface area contributed by atoms with Gasteiger partial charge in [0.1, 0.15) is 0 Å². The van der Waals surface area contributed by atoms with Crippen molar-refractivity contribution in [3.63, 3.8) is 0 Å². The SMILES string of the molecule is O=C(C[C@@H]1CCS(=O)(=O)C1)NNC(=O)c1cnn(-c2ccccc2)c1. The maximum Gasteiger partial charge on any atom is 0.272 e. The number of hydrogen-bond donors (Lipinski definition) is 2. The Labute approximate surface area is 145 Å². The second-order valence-electron chi connectivity index (χ2n) is 5.98. The number of nitrogens with zero attached hydrogens (tertiary/aromatic N) is 2. The maximum absolute atomic E-state index is 12.1. The molecule has 1 aromatic heterocycles. The van der Waals surface area contributed by atoms with Gasteiger partial charge < -0.3 is 0 Å². The molecule has 2 heterocycles. The van der Waals surface area contributed by atoms with E-state index in [-0.39, 0.29) is 23.8 Å². The van der Waals surface area contributed by atoms with Crippen LogP contribution in [0.15, 0.2) is 42.7 Å². The van der Waals surface area contributed by atoms with Crippen molar-refractivity contribution >= 4 is 21.7 Å². The van der Waals surface area contributed by atoms with E-state index < -0.39 is 21.7 Å². The standard InChI is InChI=1S/C16H18N4O4S/c21-15(8-12-6-7-25(23,24)11-12)18-19-16(22)13-9-17-20(10-13)14-4-2-1-3-5-14/h1-5,9-10,12H,6-8,11H2,(H,18,21)(H,19,22)/t12-/m0/s1. The molecule has 1 aliphatic rings. The highest BCUT2D eigenvalue weighted by Crippen LogP contribution is 2.21. The molecular formula is C16H18N4O4S. The van der Waals surface area contributed by atoms with Crippen LogP contribution in [0.2, 0.25) is 0 Å². The molecule has 132 valence electrons. The Morgan fingerprint density at radius 1 is 1.20 bits per heavy atom. The molecule has 2 amide bonds. The molecule has 0 unspecified atom stereocenters. The number of sulfone groups is 1. The summed E-state index contributed by atoms with van der Waals surface area (Å²) in [7, 11) is -3.02. The Morgan fingerprint density at radius 2 is 1.96 bits per heavy atom. The topological polar surface area (TPSA) is 110 Å². The van der Waals surface area contributed by atoms with E-state index in [1.807, 2.05) is 30.3 Å². The number of para-hydroxylation sites is 1. The number of aromatic nitrogens is 2. The van der Waals surface area contributed by atoms with Crippen molar-refractivity contribution in [1.29, 1.82) is 0 Å². The molecule has 1 aliphatic heterocycles. The average molecular weight is 362 g/mol. The molecule has 3 rings (SSSR count). The zero-order valence-corrected chi connectivity index (χ0v) is 14.2. The summed E-state index contributed by atoms with van der Waals surface area (Å²) in [5, 5.41) is 4.11. The molecule has 0 bridgehead atoms. The van der Waals surface area contributed by atoms with Gasteiger partial charge in [0.05, 0.1) is 29.0 Å². The number of nitrogens with one attached hydrogen (secondary N) is 2. The first-order valence-corrected chi connectivity index (χ1v) is 9.65. The van der Waals surface area contributed by atoms with E-state index in [9.17, 15) is 18.0 Å². The molecule has 0 spiro atoms. The summed E-state index contributed by atoms with van der Waals surface area (Å²) >= 11 is 0. The van der Waals surface area contributed by atoms with Crippen molar-refractivity contribution in [3.8, 4) is 5.69 Å². The third-order valence-electron chi connectivity index (χ3n) is 3.98. The number of hydrazine groups is 1. The zero-order chi connectivity index (χ0) is 17.9. The fourth-order valence-electron chi connectivity index (χ4n) is 2.71. The maximum atomic E-state index is 12.1. The molecule has 2 N–H and O–H groups in total. The van der Waals surface area contributed by atoms with Crippen LogP contribution in [0.4, 0.5) is 0 Å². The quantitative estimate of drug-likeness (QED) is 0.768. The summed E-state index contributed by atoms with van der Waals surface area (Å²) in [6.07, 6.45) is 3.51. The summed E-state index contributed by atoms with van der Waals surface area (Å²) in [5.74, 6) is -0.947. The molecular weight excluding hydrogens is 344 g/mol. The largest absolute Gasteiger partial charge is 0.273 e. The van der Waals surface area contributed by atoms with E-state index in [4.69, 9.17) is 0 Å². The number of amides is 2. The van der Waals surface area contributed by atoms with E-state index in [0.29, 0.717) is 12.0 Å². The summed E-state index contributed by atoms with van der Waals surface area (Å²) in [6.45, 7) is 0. The monoisotopic (exact) mass is 362 g/mol. The van der Waals surface area contributed by atoms with Crippen molar-refractivity contribution in [1.82, 2.24) is 20.6 Å². The van der Waals surface area contributed by atoms with Crippen molar-refractivity contribution in [2.45, 2.75) is 12.8 Å². The van der Waals surface area contributed by atoms with E-state index in [2.05, 4.69) is 16.0 Å². The van der Waals surface area contributed by atoms with Gasteiger partial charge in [0.2, 0.25) is 5.91 Å². The average Bonchev–Trinajstić information content (AvgIpc) is 3.20. The fourth-order valence-corrected chi connectivity index (χ4v) is 4.57. The Morgan fingerprint density at radius 3 is 2.64 bits per heavy atom. The van der Waals surface area contributed by atoms with Crippen LogP contribution >= 0.6 is 0 Å². The van der Waals surface area contributed by atoms with Crippen LogP contribution in [0.3, 0.4) is 0 Å². The Kier molecular flexibility index (Phi) is 4.84. The number of carbonyl (C=O) groups is 2. The molecule has 0 saturated carbocycles. The molecule has 25 heavy (non-hydrogen) atoms. The van der Waals surface area contributed by atoms with Crippen molar-refractivity contribution in [3.05, 3.63) is 48.3 Å². The van der Waals surface area contributed by atoms with Gasteiger partial charge in [0, 0.05) is 12.6 Å². The Balaban J connectivity index is 1.51. The molecule has 0 radical (unpaired) electrons. The molecule has 2 aromatic rings. The smallest absolute Gasteiger partial charge is 0.272 e. The Hall–Kier alpha value is -2.68. The first-order valence-electron chi connectivity index (χ1n) is 7.83. The lowest BCUT2D eigenvalue weighted by atomic mass is 10.1. The summed E-state index contributed by atoms with van der Waals surface area (Å²) < 4.78 is 24.3. The predicted octanol–water partition coefficient (Wildman–Crippen LogP) is 0.458. The molecule has 1 aromatic carbocycles. The minimum atomic E-state index is -3.02. The minimum Gasteiger partial charge on any atom is -0.273 e. The van der Waals surface area contributed by atoms with Gasteiger partial charge in [-0.3, -0.25) is 20.4 Å². The lowest BCUT2D eigenvalue weighted by molar-refractivity contribution is -0.122. The third kappa shape index (κ3) is 4.44. The summed E-state index contributed by atoms with van der Waals surface area (Å²) in [6, 6.07) is 9.31. The predicted molar refractivity (Wildman–Crippen MR) is 90.6 cm³/mol. The van der Waals surface area contributed by atoms with Crippen LogP contribution in [0.25, 0.3) is 5.69 Å². The van der Waals surface area contributed by atoms with Crippen LogP contribution < -0.4 is 10.9 Å². The van der Waals surface area contributed by atoms with Crippen LogP contribution in [-0.2, 0) is 14.6 Å². The first-order chi connectivity index (χ1) is 11.9. The van der Waals surface area contributed by atoms with Crippen molar-refractivity contribution < 1.29 is 18.0 Å². The number of benzene rings is 1. The lowest BCUT2D eigenvalue weighted by Gasteiger charge is -2.09. The highest BCUT2D eigenvalue weighted by Gasteiger charge is 2.29. The second-order valence-corrected chi connectivity index (χ2v) is 8.21. The van der Waals surface area contributed by atoms with E-state index in [1.165, 1.54) is 6.20 Å². The van der Waals surface area contributed by atoms with E-state index in [0.717, 1.165) is 5.69 Å². The van der Waals surface area contributed by atoms with Gasteiger partial charge >= 0.3 is 0 Å². The fraction of sp³-hybridized carbons (Fsp3) is 0.312. The van der Waals surface area contributed by atoms with Gasteiger partial charge in [-0.25, -0.2) is 13.1 Å². The molecule has 1 fully saturated rings.